The molecule has 0 spiro atoms. The number of aromatic nitrogens is 2. The number of anilines is 1. The maximum Gasteiger partial charge on any atom is 0.174 e. The summed E-state index contributed by atoms with van der Waals surface area (Å²) in [7, 11) is 0. The summed E-state index contributed by atoms with van der Waals surface area (Å²) < 4.78 is 12.7. The third kappa shape index (κ3) is 3.55. The Hall–Kier alpha value is -1.39. The average Bonchev–Trinajstić information content (AvgIpc) is 2.36. The minimum Gasteiger partial charge on any atom is -0.382 e. The van der Waals surface area contributed by atoms with Gasteiger partial charge in [0.15, 0.2) is 10.3 Å². The number of rotatable bonds is 4. The normalized spacial score (nSPS) is 10.4. The lowest BCUT2D eigenvalue weighted by Gasteiger charge is -2.07. The fourth-order valence-corrected chi connectivity index (χ4v) is 1.78. The highest BCUT2D eigenvalue weighted by Gasteiger charge is 2.03. The van der Waals surface area contributed by atoms with Gasteiger partial charge in [0.25, 0.3) is 0 Å². The first-order chi connectivity index (χ1) is 8.65. The van der Waals surface area contributed by atoms with Crippen LogP contribution in [0.2, 0.25) is 10.3 Å². The van der Waals surface area contributed by atoms with E-state index in [-0.39, 0.29) is 16.1 Å². The Balaban J connectivity index is 1.92. The maximum absolute atomic E-state index is 12.7. The molecule has 0 aliphatic heterocycles. The lowest BCUT2D eigenvalue weighted by molar-refractivity contribution is 0.627. The molecule has 2 rings (SSSR count). The van der Waals surface area contributed by atoms with Crippen LogP contribution < -0.4 is 5.32 Å². The fourth-order valence-electron chi connectivity index (χ4n) is 1.47. The van der Waals surface area contributed by atoms with Gasteiger partial charge in [-0.2, -0.15) is 0 Å². The zero-order chi connectivity index (χ0) is 13.0. The summed E-state index contributed by atoms with van der Waals surface area (Å²) in [4.78, 5) is 0. The van der Waals surface area contributed by atoms with Crippen molar-refractivity contribution in [2.45, 2.75) is 6.42 Å². The van der Waals surface area contributed by atoms with E-state index in [9.17, 15) is 4.39 Å². The van der Waals surface area contributed by atoms with Crippen LogP contribution in [0.1, 0.15) is 5.56 Å². The number of benzene rings is 1. The van der Waals surface area contributed by atoms with Gasteiger partial charge in [0, 0.05) is 12.6 Å². The van der Waals surface area contributed by atoms with Crippen molar-refractivity contribution in [3.63, 3.8) is 0 Å². The zero-order valence-electron chi connectivity index (χ0n) is 9.33. The lowest BCUT2D eigenvalue weighted by atomic mass is 10.1. The van der Waals surface area contributed by atoms with Crippen molar-refractivity contribution in [2.24, 2.45) is 0 Å². The van der Waals surface area contributed by atoms with E-state index in [0.29, 0.717) is 12.2 Å². The molecule has 0 radical (unpaired) electrons. The standard InChI is InChI=1S/C12H10Cl2FN3/c13-11-7-10(12(14)18-17-11)16-6-5-8-1-3-9(15)4-2-8/h1-4,7H,5-6H2,(H,16,17). The minimum atomic E-state index is -0.236. The zero-order valence-corrected chi connectivity index (χ0v) is 10.8. The lowest BCUT2D eigenvalue weighted by Crippen LogP contribution is -2.06. The number of nitrogens with one attached hydrogen (secondary N) is 1. The molecule has 0 bridgehead atoms. The second kappa shape index (κ2) is 5.98. The van der Waals surface area contributed by atoms with Crippen molar-refractivity contribution in [3.05, 3.63) is 52.0 Å². The van der Waals surface area contributed by atoms with Crippen LogP contribution in [0.25, 0.3) is 0 Å². The van der Waals surface area contributed by atoms with Crippen molar-refractivity contribution in [1.29, 1.82) is 0 Å². The summed E-state index contributed by atoms with van der Waals surface area (Å²) in [6, 6.07) is 7.98. The maximum atomic E-state index is 12.7. The first-order valence-corrected chi connectivity index (χ1v) is 6.08. The molecule has 1 N–H and O–H groups in total. The van der Waals surface area contributed by atoms with E-state index in [1.807, 2.05) is 0 Å². The molecule has 1 aromatic heterocycles. The molecule has 0 aliphatic rings. The molecule has 1 heterocycles. The van der Waals surface area contributed by atoms with Crippen LogP contribution in [0, 0.1) is 5.82 Å². The summed E-state index contributed by atoms with van der Waals surface area (Å²) >= 11 is 11.6. The van der Waals surface area contributed by atoms with Crippen LogP contribution in [0.3, 0.4) is 0 Å². The highest BCUT2D eigenvalue weighted by molar-refractivity contribution is 6.33. The average molecular weight is 286 g/mol. The van der Waals surface area contributed by atoms with Gasteiger partial charge in [-0.05, 0) is 24.1 Å². The fraction of sp³-hybridized carbons (Fsp3) is 0.167. The van der Waals surface area contributed by atoms with Crippen molar-refractivity contribution in [2.75, 3.05) is 11.9 Å². The number of hydrogen-bond acceptors (Lipinski definition) is 3. The second-order valence-electron chi connectivity index (χ2n) is 3.67. The largest absolute Gasteiger partial charge is 0.382 e. The van der Waals surface area contributed by atoms with Gasteiger partial charge in [-0.15, -0.1) is 10.2 Å². The van der Waals surface area contributed by atoms with Crippen LogP contribution in [0.15, 0.2) is 30.3 Å². The Labute approximate surface area is 114 Å². The van der Waals surface area contributed by atoms with E-state index in [1.165, 1.54) is 12.1 Å². The van der Waals surface area contributed by atoms with Crippen LogP contribution in [0.4, 0.5) is 10.1 Å². The molecule has 0 aliphatic carbocycles. The molecule has 0 fully saturated rings. The number of hydrogen-bond donors (Lipinski definition) is 1. The van der Waals surface area contributed by atoms with Gasteiger partial charge in [-0.1, -0.05) is 35.3 Å². The van der Waals surface area contributed by atoms with Gasteiger partial charge in [-0.3, -0.25) is 0 Å². The smallest absolute Gasteiger partial charge is 0.174 e. The quantitative estimate of drug-likeness (QED) is 0.933. The van der Waals surface area contributed by atoms with Gasteiger partial charge >= 0.3 is 0 Å². The Bertz CT molecular complexity index is 531. The number of nitrogens with zero attached hydrogens (tertiary/aromatic N) is 2. The summed E-state index contributed by atoms with van der Waals surface area (Å²) in [6.07, 6.45) is 0.747. The van der Waals surface area contributed by atoms with Crippen LogP contribution in [-0.2, 0) is 6.42 Å². The summed E-state index contributed by atoms with van der Waals surface area (Å²) in [6.45, 7) is 0.646. The van der Waals surface area contributed by atoms with Crippen molar-refractivity contribution < 1.29 is 4.39 Å². The monoisotopic (exact) mass is 285 g/mol. The van der Waals surface area contributed by atoms with Crippen molar-refractivity contribution in [3.8, 4) is 0 Å². The summed E-state index contributed by atoms with van der Waals surface area (Å²) in [5.74, 6) is -0.236. The highest BCUT2D eigenvalue weighted by Crippen LogP contribution is 2.20. The molecule has 6 heteroatoms. The van der Waals surface area contributed by atoms with Crippen molar-refractivity contribution in [1.82, 2.24) is 10.2 Å². The molecule has 1 aromatic carbocycles. The van der Waals surface area contributed by atoms with Gasteiger partial charge in [-0.25, -0.2) is 4.39 Å². The molecule has 94 valence electrons. The Morgan fingerprint density at radius 1 is 1.11 bits per heavy atom. The molecule has 0 saturated heterocycles. The third-order valence-corrected chi connectivity index (χ3v) is 2.83. The Kier molecular flexibility index (Phi) is 4.33. The SMILES string of the molecule is Fc1ccc(CCNc2cc(Cl)nnc2Cl)cc1. The molecule has 3 nitrogen and oxygen atoms in total. The highest BCUT2D eigenvalue weighted by atomic mass is 35.5. The molecule has 0 unspecified atom stereocenters. The Morgan fingerprint density at radius 3 is 2.56 bits per heavy atom. The topological polar surface area (TPSA) is 37.8 Å². The van der Waals surface area contributed by atoms with E-state index >= 15 is 0 Å². The van der Waals surface area contributed by atoms with E-state index in [2.05, 4.69) is 15.5 Å². The molecular weight excluding hydrogens is 276 g/mol. The van der Waals surface area contributed by atoms with E-state index in [0.717, 1.165) is 12.0 Å². The summed E-state index contributed by atoms with van der Waals surface area (Å²) in [5.41, 5.74) is 1.67. The van der Waals surface area contributed by atoms with Gasteiger partial charge < -0.3 is 5.32 Å². The predicted molar refractivity (Wildman–Crippen MR) is 70.6 cm³/mol. The first-order valence-electron chi connectivity index (χ1n) is 5.32. The van der Waals surface area contributed by atoms with Crippen LogP contribution in [0.5, 0.6) is 0 Å². The summed E-state index contributed by atoms with van der Waals surface area (Å²) in [5, 5.41) is 11.0. The van der Waals surface area contributed by atoms with Gasteiger partial charge in [0.1, 0.15) is 5.82 Å². The molecule has 0 atom stereocenters. The predicted octanol–water partition coefficient (Wildman–Crippen LogP) is 3.58. The van der Waals surface area contributed by atoms with E-state index in [1.54, 1.807) is 18.2 Å². The van der Waals surface area contributed by atoms with E-state index < -0.39 is 0 Å². The van der Waals surface area contributed by atoms with E-state index in [4.69, 9.17) is 23.2 Å². The molecule has 18 heavy (non-hydrogen) atoms. The minimum absolute atomic E-state index is 0.236. The number of halogens is 3. The van der Waals surface area contributed by atoms with Crippen LogP contribution >= 0.6 is 23.2 Å². The van der Waals surface area contributed by atoms with Gasteiger partial charge in [0.2, 0.25) is 0 Å². The second-order valence-corrected chi connectivity index (χ2v) is 4.42. The first kappa shape index (κ1) is 13.1. The molecular formula is C12H10Cl2FN3. The molecule has 0 amide bonds. The molecule has 2 aromatic rings. The Morgan fingerprint density at radius 2 is 1.83 bits per heavy atom. The molecule has 0 saturated carbocycles. The van der Waals surface area contributed by atoms with Crippen molar-refractivity contribution >= 4 is 28.9 Å². The van der Waals surface area contributed by atoms with Gasteiger partial charge in [0.05, 0.1) is 5.69 Å². The third-order valence-electron chi connectivity index (χ3n) is 2.36. The van der Waals surface area contributed by atoms with Crippen LogP contribution in [-0.4, -0.2) is 16.7 Å².